The van der Waals surface area contributed by atoms with Crippen LogP contribution in [0.2, 0.25) is 0 Å². The van der Waals surface area contributed by atoms with Gasteiger partial charge >= 0.3 is 0 Å². The first kappa shape index (κ1) is 14.5. The van der Waals surface area contributed by atoms with E-state index in [9.17, 15) is 9.90 Å². The van der Waals surface area contributed by atoms with Crippen LogP contribution in [0.3, 0.4) is 0 Å². The average molecular weight is 253 g/mol. The molecule has 0 spiro atoms. The minimum absolute atomic E-state index is 0.0117. The third-order valence-corrected chi connectivity index (χ3v) is 2.55. The molecular weight excluding hydrogens is 234 g/mol. The van der Waals surface area contributed by atoms with E-state index >= 15 is 0 Å². The van der Waals surface area contributed by atoms with Crippen molar-refractivity contribution in [1.82, 2.24) is 4.90 Å². The summed E-state index contributed by atoms with van der Waals surface area (Å²) < 4.78 is 9.94. The number of para-hydroxylation sites is 1. The van der Waals surface area contributed by atoms with Crippen LogP contribution in [0.15, 0.2) is 24.3 Å². The predicted octanol–water partition coefficient (Wildman–Crippen LogP) is 1.13. The summed E-state index contributed by atoms with van der Waals surface area (Å²) in [6.07, 6.45) is 0. The van der Waals surface area contributed by atoms with Crippen molar-refractivity contribution >= 4 is 5.91 Å². The van der Waals surface area contributed by atoms with Crippen molar-refractivity contribution in [1.29, 1.82) is 0 Å². The molecule has 0 heterocycles. The van der Waals surface area contributed by atoms with Gasteiger partial charge < -0.3 is 19.5 Å². The summed E-state index contributed by atoms with van der Waals surface area (Å²) in [5.41, 5.74) is 0.296. The number of ether oxygens (including phenoxy) is 2. The van der Waals surface area contributed by atoms with Crippen LogP contribution >= 0.6 is 0 Å². The first-order valence-corrected chi connectivity index (χ1v) is 5.75. The fourth-order valence-electron chi connectivity index (χ4n) is 1.54. The minimum atomic E-state index is -0.220. The summed E-state index contributed by atoms with van der Waals surface area (Å²) in [5, 5.41) is 9.67. The largest absolute Gasteiger partial charge is 0.507 e. The molecule has 1 amide bonds. The molecule has 5 heteroatoms. The molecule has 18 heavy (non-hydrogen) atoms. The van der Waals surface area contributed by atoms with Gasteiger partial charge in [0.05, 0.1) is 18.8 Å². The van der Waals surface area contributed by atoms with Gasteiger partial charge in [-0.15, -0.1) is 0 Å². The van der Waals surface area contributed by atoms with Gasteiger partial charge in [-0.1, -0.05) is 12.1 Å². The van der Waals surface area contributed by atoms with Crippen LogP contribution in [0.4, 0.5) is 0 Å². The fourth-order valence-corrected chi connectivity index (χ4v) is 1.54. The molecule has 100 valence electrons. The van der Waals surface area contributed by atoms with Crippen LogP contribution < -0.4 is 0 Å². The second kappa shape index (κ2) is 7.68. The zero-order valence-electron chi connectivity index (χ0n) is 10.8. The predicted molar refractivity (Wildman–Crippen MR) is 67.8 cm³/mol. The first-order chi connectivity index (χ1) is 8.70. The van der Waals surface area contributed by atoms with Crippen molar-refractivity contribution in [3.8, 4) is 5.75 Å². The molecule has 0 aromatic heterocycles. The SMILES string of the molecule is COCCN(CCOC)C(=O)c1ccccc1O. The van der Waals surface area contributed by atoms with E-state index < -0.39 is 0 Å². The van der Waals surface area contributed by atoms with Crippen LogP contribution in [0.25, 0.3) is 0 Å². The zero-order chi connectivity index (χ0) is 13.4. The van der Waals surface area contributed by atoms with Gasteiger partial charge in [0, 0.05) is 27.3 Å². The number of hydrogen-bond acceptors (Lipinski definition) is 4. The normalized spacial score (nSPS) is 10.3. The number of phenols is 1. The molecule has 0 saturated heterocycles. The van der Waals surface area contributed by atoms with Crippen molar-refractivity contribution < 1.29 is 19.4 Å². The second-order valence-electron chi connectivity index (χ2n) is 3.79. The molecule has 5 nitrogen and oxygen atoms in total. The number of carbonyl (C=O) groups excluding carboxylic acids is 1. The molecule has 1 aromatic rings. The van der Waals surface area contributed by atoms with Crippen molar-refractivity contribution in [3.05, 3.63) is 29.8 Å². The maximum Gasteiger partial charge on any atom is 0.257 e. The minimum Gasteiger partial charge on any atom is -0.507 e. The molecular formula is C13H19NO4. The number of aromatic hydroxyl groups is 1. The van der Waals surface area contributed by atoms with Crippen LogP contribution in [-0.4, -0.2) is 56.4 Å². The van der Waals surface area contributed by atoms with E-state index in [-0.39, 0.29) is 11.7 Å². The number of carbonyl (C=O) groups is 1. The molecule has 0 atom stereocenters. The number of nitrogens with zero attached hydrogens (tertiary/aromatic N) is 1. The highest BCUT2D eigenvalue weighted by Gasteiger charge is 2.17. The Morgan fingerprint density at radius 2 is 1.72 bits per heavy atom. The van der Waals surface area contributed by atoms with E-state index in [0.717, 1.165) is 0 Å². The van der Waals surface area contributed by atoms with Crippen molar-refractivity contribution in [2.45, 2.75) is 0 Å². The maximum absolute atomic E-state index is 12.2. The summed E-state index contributed by atoms with van der Waals surface area (Å²) >= 11 is 0. The molecule has 0 fully saturated rings. The van der Waals surface area contributed by atoms with Gasteiger partial charge in [-0.25, -0.2) is 0 Å². The summed E-state index contributed by atoms with van der Waals surface area (Å²) in [4.78, 5) is 13.8. The Morgan fingerprint density at radius 1 is 1.17 bits per heavy atom. The van der Waals surface area contributed by atoms with Gasteiger partial charge in [0.1, 0.15) is 5.75 Å². The Morgan fingerprint density at radius 3 is 2.22 bits per heavy atom. The van der Waals surface area contributed by atoms with E-state index in [1.165, 1.54) is 6.07 Å². The topological polar surface area (TPSA) is 59.0 Å². The van der Waals surface area contributed by atoms with Gasteiger partial charge in [0.15, 0.2) is 0 Å². The first-order valence-electron chi connectivity index (χ1n) is 5.75. The Kier molecular flexibility index (Phi) is 6.18. The second-order valence-corrected chi connectivity index (χ2v) is 3.79. The number of hydrogen-bond donors (Lipinski definition) is 1. The summed E-state index contributed by atoms with van der Waals surface area (Å²) in [7, 11) is 3.16. The highest BCUT2D eigenvalue weighted by Crippen LogP contribution is 2.17. The number of methoxy groups -OCH3 is 2. The lowest BCUT2D eigenvalue weighted by Crippen LogP contribution is -2.36. The highest BCUT2D eigenvalue weighted by atomic mass is 16.5. The third-order valence-electron chi connectivity index (χ3n) is 2.55. The lowest BCUT2D eigenvalue weighted by atomic mass is 10.1. The summed E-state index contributed by atoms with van der Waals surface area (Å²) in [5.74, 6) is -0.232. The molecule has 0 radical (unpaired) electrons. The fraction of sp³-hybridized carbons (Fsp3) is 0.462. The van der Waals surface area contributed by atoms with Gasteiger partial charge in [-0.05, 0) is 12.1 Å². The van der Waals surface area contributed by atoms with Crippen LogP contribution in [-0.2, 0) is 9.47 Å². The van der Waals surface area contributed by atoms with Gasteiger partial charge in [0.2, 0.25) is 0 Å². The average Bonchev–Trinajstić information content (AvgIpc) is 2.39. The summed E-state index contributed by atoms with van der Waals surface area (Å²) in [6.45, 7) is 1.83. The third kappa shape index (κ3) is 4.01. The number of benzene rings is 1. The van der Waals surface area contributed by atoms with Gasteiger partial charge in [0.25, 0.3) is 5.91 Å². The van der Waals surface area contributed by atoms with Crippen molar-refractivity contribution in [2.75, 3.05) is 40.5 Å². The van der Waals surface area contributed by atoms with Gasteiger partial charge in [-0.2, -0.15) is 0 Å². The highest BCUT2D eigenvalue weighted by molar-refractivity contribution is 5.96. The molecule has 1 N–H and O–H groups in total. The summed E-state index contributed by atoms with van der Waals surface area (Å²) in [6, 6.07) is 6.50. The number of amides is 1. The smallest absolute Gasteiger partial charge is 0.257 e. The zero-order valence-corrected chi connectivity index (χ0v) is 10.8. The Labute approximate surface area is 107 Å². The molecule has 1 aromatic carbocycles. The molecule has 0 unspecified atom stereocenters. The quantitative estimate of drug-likeness (QED) is 0.791. The van der Waals surface area contributed by atoms with E-state index in [1.54, 1.807) is 37.3 Å². The number of rotatable bonds is 7. The van der Waals surface area contributed by atoms with E-state index in [0.29, 0.717) is 31.9 Å². The molecule has 1 rings (SSSR count). The lowest BCUT2D eigenvalue weighted by molar-refractivity contribution is 0.0624. The Balaban J connectivity index is 2.77. The number of phenolic OH excluding ortho intramolecular Hbond substituents is 1. The Hall–Kier alpha value is -1.59. The molecule has 0 bridgehead atoms. The van der Waals surface area contributed by atoms with Crippen molar-refractivity contribution in [3.63, 3.8) is 0 Å². The molecule has 0 aliphatic heterocycles. The Bertz CT molecular complexity index is 373. The van der Waals surface area contributed by atoms with Crippen LogP contribution in [0.5, 0.6) is 5.75 Å². The molecule has 0 aliphatic rings. The van der Waals surface area contributed by atoms with E-state index in [4.69, 9.17) is 9.47 Å². The molecule has 0 aliphatic carbocycles. The van der Waals surface area contributed by atoms with E-state index in [1.807, 2.05) is 0 Å². The van der Waals surface area contributed by atoms with Crippen LogP contribution in [0.1, 0.15) is 10.4 Å². The monoisotopic (exact) mass is 253 g/mol. The van der Waals surface area contributed by atoms with Crippen LogP contribution in [0, 0.1) is 0 Å². The molecule has 0 saturated carbocycles. The van der Waals surface area contributed by atoms with Gasteiger partial charge in [-0.3, -0.25) is 4.79 Å². The maximum atomic E-state index is 12.2. The standard InChI is InChI=1S/C13H19NO4/c1-17-9-7-14(8-10-18-2)13(16)11-5-3-4-6-12(11)15/h3-6,15H,7-10H2,1-2H3. The van der Waals surface area contributed by atoms with Crippen molar-refractivity contribution in [2.24, 2.45) is 0 Å². The lowest BCUT2D eigenvalue weighted by Gasteiger charge is -2.22. The van der Waals surface area contributed by atoms with E-state index in [2.05, 4.69) is 0 Å².